The topological polar surface area (TPSA) is 54.5 Å². The second-order valence-electron chi connectivity index (χ2n) is 7.53. The smallest absolute Gasteiger partial charge is 0.265 e. The van der Waals surface area contributed by atoms with E-state index >= 15 is 0 Å². The van der Waals surface area contributed by atoms with E-state index in [1.54, 1.807) is 48.6 Å². The van der Waals surface area contributed by atoms with E-state index in [1.807, 2.05) is 49.4 Å². The third kappa shape index (κ3) is 3.84. The zero-order valence-electron chi connectivity index (χ0n) is 17.2. The van der Waals surface area contributed by atoms with Gasteiger partial charge in [-0.15, -0.1) is 6.58 Å². The van der Waals surface area contributed by atoms with Gasteiger partial charge in [0.1, 0.15) is 6.04 Å². The number of hydrogen-bond donors (Lipinski definition) is 0. The van der Waals surface area contributed by atoms with Crippen molar-refractivity contribution in [1.82, 2.24) is 0 Å². The van der Waals surface area contributed by atoms with Gasteiger partial charge in [0, 0.05) is 5.92 Å². The molecule has 0 saturated heterocycles. The molecular formula is C26H23NO3S. The van der Waals surface area contributed by atoms with Crippen LogP contribution in [0.25, 0.3) is 6.08 Å². The molecule has 0 aliphatic carbocycles. The Labute approximate surface area is 183 Å². The van der Waals surface area contributed by atoms with Crippen molar-refractivity contribution in [1.29, 1.82) is 0 Å². The molecule has 3 aromatic carbocycles. The molecule has 2 unspecified atom stereocenters. The van der Waals surface area contributed by atoms with Crippen molar-refractivity contribution >= 4 is 27.6 Å². The molecule has 156 valence electrons. The van der Waals surface area contributed by atoms with Crippen LogP contribution in [0, 0.1) is 6.92 Å². The van der Waals surface area contributed by atoms with E-state index in [9.17, 15) is 13.2 Å². The first-order valence-corrected chi connectivity index (χ1v) is 11.5. The van der Waals surface area contributed by atoms with Gasteiger partial charge >= 0.3 is 0 Å². The standard InChI is InChI=1S/C26H23NO3S/c1-3-22-23-11-7-8-12-24(23)27(31(29,30)21-16-13-19(2)14-17-21)26(22)25(28)18-15-20-9-5-4-6-10-20/h3-18,22,26H,1H2,2H3/b18-15+. The molecule has 1 heterocycles. The van der Waals surface area contributed by atoms with Crippen molar-refractivity contribution in [3.63, 3.8) is 0 Å². The molecule has 4 rings (SSSR count). The summed E-state index contributed by atoms with van der Waals surface area (Å²) in [5.41, 5.74) is 3.12. The van der Waals surface area contributed by atoms with Crippen LogP contribution < -0.4 is 4.31 Å². The number of rotatable bonds is 6. The summed E-state index contributed by atoms with van der Waals surface area (Å²) >= 11 is 0. The van der Waals surface area contributed by atoms with Crippen molar-refractivity contribution in [3.05, 3.63) is 114 Å². The van der Waals surface area contributed by atoms with Gasteiger partial charge in [0.25, 0.3) is 10.0 Å². The average molecular weight is 430 g/mol. The monoisotopic (exact) mass is 429 g/mol. The Kier molecular flexibility index (Phi) is 5.61. The molecule has 0 fully saturated rings. The third-order valence-corrected chi connectivity index (χ3v) is 7.30. The van der Waals surface area contributed by atoms with Gasteiger partial charge in [-0.3, -0.25) is 9.10 Å². The minimum atomic E-state index is -3.96. The minimum absolute atomic E-state index is 0.155. The fourth-order valence-corrected chi connectivity index (χ4v) is 5.59. The first-order valence-electron chi connectivity index (χ1n) is 10.0. The van der Waals surface area contributed by atoms with Gasteiger partial charge in [-0.2, -0.15) is 0 Å². The van der Waals surface area contributed by atoms with Crippen LogP contribution in [-0.4, -0.2) is 20.2 Å². The lowest BCUT2D eigenvalue weighted by Crippen LogP contribution is -2.43. The fraction of sp³-hybridized carbons (Fsp3) is 0.115. The number of carbonyl (C=O) groups is 1. The highest BCUT2D eigenvalue weighted by atomic mass is 32.2. The Balaban J connectivity index is 1.81. The lowest BCUT2D eigenvalue weighted by atomic mass is 9.92. The van der Waals surface area contributed by atoms with Crippen LogP contribution in [-0.2, 0) is 14.8 Å². The molecule has 1 aliphatic heterocycles. The van der Waals surface area contributed by atoms with Gasteiger partial charge < -0.3 is 0 Å². The van der Waals surface area contributed by atoms with Crippen LogP contribution in [0.1, 0.15) is 22.6 Å². The molecule has 5 heteroatoms. The Morgan fingerprint density at radius 1 is 0.935 bits per heavy atom. The zero-order valence-corrected chi connectivity index (χ0v) is 18.0. The number of para-hydroxylation sites is 1. The highest BCUT2D eigenvalue weighted by Crippen LogP contribution is 2.45. The molecule has 0 amide bonds. The number of carbonyl (C=O) groups excluding carboxylic acids is 1. The largest absolute Gasteiger partial charge is 0.292 e. The van der Waals surface area contributed by atoms with Crippen molar-refractivity contribution in [2.75, 3.05) is 4.31 Å². The van der Waals surface area contributed by atoms with Crippen LogP contribution in [0.15, 0.2) is 102 Å². The summed E-state index contributed by atoms with van der Waals surface area (Å²) in [6, 6.07) is 22.4. The number of fused-ring (bicyclic) bond motifs is 1. The molecule has 0 saturated carbocycles. The summed E-state index contributed by atoms with van der Waals surface area (Å²) in [7, 11) is -3.96. The molecular weight excluding hydrogens is 406 g/mol. The number of anilines is 1. The number of nitrogens with zero attached hydrogens (tertiary/aromatic N) is 1. The van der Waals surface area contributed by atoms with Gasteiger partial charge in [-0.1, -0.05) is 78.4 Å². The SMILES string of the molecule is C=CC1c2ccccc2N(S(=O)(=O)c2ccc(C)cc2)C1C(=O)/C=C/c1ccccc1. The summed E-state index contributed by atoms with van der Waals surface area (Å²) in [5.74, 6) is -0.731. The number of aryl methyl sites for hydroxylation is 1. The lowest BCUT2D eigenvalue weighted by molar-refractivity contribution is -0.115. The van der Waals surface area contributed by atoms with E-state index in [2.05, 4.69) is 6.58 Å². The average Bonchev–Trinajstić information content (AvgIpc) is 3.13. The third-order valence-electron chi connectivity index (χ3n) is 5.49. The van der Waals surface area contributed by atoms with Crippen LogP contribution in [0.2, 0.25) is 0 Å². The summed E-state index contributed by atoms with van der Waals surface area (Å²) in [6.07, 6.45) is 4.82. The lowest BCUT2D eigenvalue weighted by Gasteiger charge is -2.27. The van der Waals surface area contributed by atoms with Crippen molar-refractivity contribution in [3.8, 4) is 0 Å². The van der Waals surface area contributed by atoms with Gasteiger partial charge in [0.05, 0.1) is 10.6 Å². The second-order valence-corrected chi connectivity index (χ2v) is 9.34. The molecule has 4 nitrogen and oxygen atoms in total. The van der Waals surface area contributed by atoms with Crippen molar-refractivity contribution < 1.29 is 13.2 Å². The van der Waals surface area contributed by atoms with Crippen LogP contribution in [0.4, 0.5) is 5.69 Å². The molecule has 0 N–H and O–H groups in total. The van der Waals surface area contributed by atoms with Crippen LogP contribution >= 0.6 is 0 Å². The molecule has 31 heavy (non-hydrogen) atoms. The van der Waals surface area contributed by atoms with Gasteiger partial charge in [0.2, 0.25) is 0 Å². The number of benzene rings is 3. The van der Waals surface area contributed by atoms with E-state index in [1.165, 1.54) is 10.4 Å². The highest BCUT2D eigenvalue weighted by Gasteiger charge is 2.46. The second kappa shape index (κ2) is 8.36. The quantitative estimate of drug-likeness (QED) is 0.403. The van der Waals surface area contributed by atoms with E-state index in [0.717, 1.165) is 16.7 Å². The summed E-state index contributed by atoms with van der Waals surface area (Å²) in [4.78, 5) is 13.5. The maximum absolute atomic E-state index is 13.7. The number of hydrogen-bond acceptors (Lipinski definition) is 3. The number of sulfonamides is 1. The molecule has 1 aliphatic rings. The maximum Gasteiger partial charge on any atom is 0.265 e. The Morgan fingerprint density at radius 3 is 2.26 bits per heavy atom. The van der Waals surface area contributed by atoms with E-state index < -0.39 is 22.0 Å². The Bertz CT molecular complexity index is 1250. The highest BCUT2D eigenvalue weighted by molar-refractivity contribution is 7.93. The normalized spacial score (nSPS) is 18.2. The first-order chi connectivity index (χ1) is 14.9. The fourth-order valence-electron chi connectivity index (χ4n) is 3.93. The predicted molar refractivity (Wildman–Crippen MR) is 124 cm³/mol. The molecule has 3 aromatic rings. The molecule has 0 radical (unpaired) electrons. The van der Waals surface area contributed by atoms with Gasteiger partial charge in [0.15, 0.2) is 5.78 Å². The van der Waals surface area contributed by atoms with Crippen molar-refractivity contribution in [2.24, 2.45) is 0 Å². The zero-order chi connectivity index (χ0) is 22.0. The Morgan fingerprint density at radius 2 is 1.58 bits per heavy atom. The van der Waals surface area contributed by atoms with Crippen LogP contribution in [0.3, 0.4) is 0 Å². The predicted octanol–water partition coefficient (Wildman–Crippen LogP) is 5.12. The van der Waals surface area contributed by atoms with Gasteiger partial charge in [-0.25, -0.2) is 8.42 Å². The molecule has 0 spiro atoms. The van der Waals surface area contributed by atoms with Crippen LogP contribution in [0.5, 0.6) is 0 Å². The summed E-state index contributed by atoms with van der Waals surface area (Å²) in [5, 5.41) is 0. The van der Waals surface area contributed by atoms with E-state index in [4.69, 9.17) is 0 Å². The summed E-state index contributed by atoms with van der Waals surface area (Å²) in [6.45, 7) is 5.79. The van der Waals surface area contributed by atoms with E-state index in [0.29, 0.717) is 5.69 Å². The van der Waals surface area contributed by atoms with E-state index in [-0.39, 0.29) is 10.7 Å². The molecule has 0 bridgehead atoms. The Hall–Kier alpha value is -3.44. The minimum Gasteiger partial charge on any atom is -0.292 e. The summed E-state index contributed by atoms with van der Waals surface area (Å²) < 4.78 is 28.6. The molecule has 2 atom stereocenters. The maximum atomic E-state index is 13.7. The first kappa shape index (κ1) is 20.8. The van der Waals surface area contributed by atoms with Gasteiger partial charge in [-0.05, 0) is 42.3 Å². The molecule has 0 aromatic heterocycles. The number of ketones is 1. The van der Waals surface area contributed by atoms with Crippen molar-refractivity contribution in [2.45, 2.75) is 23.8 Å².